The van der Waals surface area contributed by atoms with E-state index < -0.39 is 74.2 Å². The maximum Gasteiger partial charge on any atom is 0.647 e. The SMILES string of the molecule is O=[N+]([O-])c1ccc(O)c(OP(=O)(Oc2cc([N+](=O)[O-])ccc2O)Oc2cc([N+](=O)[O-])ccc2O)c1. The van der Waals surface area contributed by atoms with Gasteiger partial charge in [-0.25, -0.2) is 0 Å². The number of phosphoric ester groups is 1. The number of benzene rings is 3. The lowest BCUT2D eigenvalue weighted by atomic mass is 10.3. The third kappa shape index (κ3) is 5.63. The van der Waals surface area contributed by atoms with Gasteiger partial charge >= 0.3 is 7.82 Å². The van der Waals surface area contributed by atoms with E-state index in [1.54, 1.807) is 0 Å². The Morgan fingerprint density at radius 2 is 0.829 bits per heavy atom. The Balaban J connectivity index is 2.11. The van der Waals surface area contributed by atoms with Gasteiger partial charge in [0.1, 0.15) is 0 Å². The number of phenols is 3. The van der Waals surface area contributed by atoms with Crippen molar-refractivity contribution >= 4 is 24.9 Å². The van der Waals surface area contributed by atoms with E-state index in [2.05, 4.69) is 0 Å². The molecule has 3 aromatic carbocycles. The molecule has 0 aliphatic rings. The average Bonchev–Trinajstić information content (AvgIpc) is 2.77. The van der Waals surface area contributed by atoms with Crippen molar-refractivity contribution < 1.29 is 48.2 Å². The second-order valence-electron chi connectivity index (χ2n) is 6.45. The van der Waals surface area contributed by atoms with E-state index in [-0.39, 0.29) is 0 Å². The first-order chi connectivity index (χ1) is 16.4. The number of nitrogens with zero attached hydrogens (tertiary/aromatic N) is 3. The minimum absolute atomic E-state index is 0.624. The van der Waals surface area contributed by atoms with Crippen LogP contribution in [0.5, 0.6) is 34.5 Å². The summed E-state index contributed by atoms with van der Waals surface area (Å²) in [7, 11) is -5.26. The van der Waals surface area contributed by atoms with Gasteiger partial charge in [0, 0.05) is 18.2 Å². The van der Waals surface area contributed by atoms with Gasteiger partial charge in [-0.15, -0.1) is 0 Å². The molecule has 0 bridgehead atoms. The summed E-state index contributed by atoms with van der Waals surface area (Å²) in [5, 5.41) is 63.1. The van der Waals surface area contributed by atoms with Crippen LogP contribution in [-0.4, -0.2) is 30.1 Å². The summed E-state index contributed by atoms with van der Waals surface area (Å²) >= 11 is 0. The largest absolute Gasteiger partial charge is 0.647 e. The van der Waals surface area contributed by atoms with Crippen LogP contribution in [-0.2, 0) is 4.57 Å². The fraction of sp³-hybridized carbons (Fsp3) is 0. The molecular weight excluding hydrogens is 497 g/mol. The molecule has 3 aromatic rings. The zero-order valence-electron chi connectivity index (χ0n) is 16.9. The van der Waals surface area contributed by atoms with Crippen molar-refractivity contribution in [3.8, 4) is 34.5 Å². The Morgan fingerprint density at radius 1 is 0.571 bits per heavy atom. The van der Waals surface area contributed by atoms with Crippen LogP contribution >= 0.6 is 7.82 Å². The summed E-state index contributed by atoms with van der Waals surface area (Å²) in [6.07, 6.45) is 0. The van der Waals surface area contributed by atoms with E-state index in [0.717, 1.165) is 36.4 Å². The molecule has 0 saturated carbocycles. The summed E-state index contributed by atoms with van der Waals surface area (Å²) in [5.41, 5.74) is -1.87. The molecular formula is C18H12N3O13P. The second-order valence-corrected chi connectivity index (χ2v) is 7.89. The van der Waals surface area contributed by atoms with Gasteiger partial charge in [0.05, 0.1) is 33.0 Å². The van der Waals surface area contributed by atoms with E-state index in [0.29, 0.717) is 18.2 Å². The predicted octanol–water partition coefficient (Wildman–Crippen LogP) is 4.17. The Morgan fingerprint density at radius 3 is 1.06 bits per heavy atom. The quantitative estimate of drug-likeness (QED) is 0.209. The third-order valence-electron chi connectivity index (χ3n) is 4.09. The molecule has 0 unspecified atom stereocenters. The maximum atomic E-state index is 13.5. The Hall–Kier alpha value is -5.11. The van der Waals surface area contributed by atoms with E-state index in [1.165, 1.54) is 0 Å². The molecule has 0 aromatic heterocycles. The standard InChI is InChI=1S/C18H12N3O13P/c22-13-4-1-10(19(25)26)7-16(13)32-35(31,33-17-8-11(20(27)28)2-5-14(17)23)34-18-9-12(21(29)30)3-6-15(18)24/h1-9,22-24H. The molecule has 17 heteroatoms. The second kappa shape index (κ2) is 9.40. The molecule has 0 atom stereocenters. The molecule has 0 fully saturated rings. The number of hydrogen-bond acceptors (Lipinski definition) is 13. The van der Waals surface area contributed by atoms with Gasteiger partial charge in [-0.05, 0) is 18.2 Å². The lowest BCUT2D eigenvalue weighted by molar-refractivity contribution is -0.385. The first-order valence-electron chi connectivity index (χ1n) is 8.99. The highest BCUT2D eigenvalue weighted by molar-refractivity contribution is 7.49. The van der Waals surface area contributed by atoms with E-state index >= 15 is 0 Å². The van der Waals surface area contributed by atoms with Crippen molar-refractivity contribution in [2.24, 2.45) is 0 Å². The van der Waals surface area contributed by atoms with Gasteiger partial charge in [0.15, 0.2) is 34.5 Å². The molecule has 0 saturated heterocycles. The number of aromatic hydroxyl groups is 3. The molecule has 0 radical (unpaired) electrons. The van der Waals surface area contributed by atoms with Crippen molar-refractivity contribution in [2.45, 2.75) is 0 Å². The monoisotopic (exact) mass is 509 g/mol. The molecule has 0 aliphatic carbocycles. The highest BCUT2D eigenvalue weighted by atomic mass is 31.2. The molecule has 3 N–H and O–H groups in total. The first-order valence-corrected chi connectivity index (χ1v) is 10.5. The van der Waals surface area contributed by atoms with E-state index in [9.17, 15) is 50.2 Å². The minimum atomic E-state index is -5.26. The van der Waals surface area contributed by atoms with Gasteiger partial charge in [-0.2, -0.15) is 4.57 Å². The van der Waals surface area contributed by atoms with Crippen LogP contribution in [0.25, 0.3) is 0 Å². The topological polar surface area (TPSA) is 235 Å². The van der Waals surface area contributed by atoms with Crippen LogP contribution < -0.4 is 13.6 Å². The van der Waals surface area contributed by atoms with Gasteiger partial charge in [0.25, 0.3) is 17.1 Å². The molecule has 35 heavy (non-hydrogen) atoms. The third-order valence-corrected chi connectivity index (χ3v) is 5.35. The Bertz CT molecular complexity index is 1230. The highest BCUT2D eigenvalue weighted by Gasteiger charge is 2.37. The summed E-state index contributed by atoms with van der Waals surface area (Å²) in [5.74, 6) is -4.81. The van der Waals surface area contributed by atoms with Gasteiger partial charge in [-0.3, -0.25) is 30.3 Å². The zero-order valence-corrected chi connectivity index (χ0v) is 17.8. The van der Waals surface area contributed by atoms with Crippen molar-refractivity contribution in [2.75, 3.05) is 0 Å². The number of non-ortho nitro benzene ring substituents is 3. The van der Waals surface area contributed by atoms with Crippen molar-refractivity contribution in [1.29, 1.82) is 0 Å². The average molecular weight is 509 g/mol. The summed E-state index contributed by atoms with van der Waals surface area (Å²) in [4.78, 5) is 30.5. The van der Waals surface area contributed by atoms with Crippen LogP contribution in [0, 0.1) is 30.3 Å². The van der Waals surface area contributed by atoms with Crippen LogP contribution in [0.2, 0.25) is 0 Å². The molecule has 0 spiro atoms. The maximum absolute atomic E-state index is 13.5. The normalized spacial score (nSPS) is 10.9. The smallest absolute Gasteiger partial charge is 0.504 e. The Labute approximate surface area is 193 Å². The minimum Gasteiger partial charge on any atom is -0.504 e. The fourth-order valence-electron chi connectivity index (χ4n) is 2.49. The van der Waals surface area contributed by atoms with Crippen molar-refractivity contribution in [1.82, 2.24) is 0 Å². The van der Waals surface area contributed by atoms with Crippen molar-refractivity contribution in [3.05, 3.63) is 84.9 Å². The number of phosphoric acid groups is 1. The molecule has 0 heterocycles. The van der Waals surface area contributed by atoms with Crippen LogP contribution in [0.15, 0.2) is 54.6 Å². The van der Waals surface area contributed by atoms with Crippen LogP contribution in [0.4, 0.5) is 17.1 Å². The highest BCUT2D eigenvalue weighted by Crippen LogP contribution is 2.55. The van der Waals surface area contributed by atoms with Crippen molar-refractivity contribution in [3.63, 3.8) is 0 Å². The van der Waals surface area contributed by atoms with Crippen LogP contribution in [0.1, 0.15) is 0 Å². The molecule has 0 amide bonds. The summed E-state index contributed by atoms with van der Waals surface area (Å²) < 4.78 is 28.6. The summed E-state index contributed by atoms with van der Waals surface area (Å²) in [6.45, 7) is 0. The fourth-order valence-corrected chi connectivity index (χ4v) is 3.76. The number of phenolic OH excluding ortho intramolecular Hbond substituents is 3. The van der Waals surface area contributed by atoms with E-state index in [1.807, 2.05) is 0 Å². The predicted molar refractivity (Wildman–Crippen MR) is 114 cm³/mol. The first kappa shape index (κ1) is 24.5. The van der Waals surface area contributed by atoms with Gasteiger partial charge in [-0.1, -0.05) is 0 Å². The molecule has 3 rings (SSSR count). The van der Waals surface area contributed by atoms with E-state index in [4.69, 9.17) is 13.6 Å². The molecule has 16 nitrogen and oxygen atoms in total. The molecule has 182 valence electrons. The van der Waals surface area contributed by atoms with Crippen LogP contribution in [0.3, 0.4) is 0 Å². The lowest BCUT2D eigenvalue weighted by Gasteiger charge is -2.20. The van der Waals surface area contributed by atoms with Gasteiger partial charge < -0.3 is 28.9 Å². The Kier molecular flexibility index (Phi) is 6.59. The van der Waals surface area contributed by atoms with Gasteiger partial charge in [0.2, 0.25) is 0 Å². The number of hydrogen-bond donors (Lipinski definition) is 3. The number of nitro benzene ring substituents is 3. The summed E-state index contributed by atoms with van der Waals surface area (Å²) in [6, 6.07) is 6.99. The number of rotatable bonds is 9. The molecule has 0 aliphatic heterocycles. The number of nitro groups is 3. The lowest BCUT2D eigenvalue weighted by Crippen LogP contribution is -2.08. The zero-order chi connectivity index (χ0) is 25.9.